The van der Waals surface area contributed by atoms with Gasteiger partial charge in [-0.3, -0.25) is 0 Å². The van der Waals surface area contributed by atoms with E-state index in [4.69, 9.17) is 0 Å². The molecule has 0 aromatic heterocycles. The van der Waals surface area contributed by atoms with Crippen LogP contribution in [0.3, 0.4) is 0 Å². The third-order valence-corrected chi connectivity index (χ3v) is 2.32. The summed E-state index contributed by atoms with van der Waals surface area (Å²) < 4.78 is 26.2. The summed E-state index contributed by atoms with van der Waals surface area (Å²) in [4.78, 5) is 0. The standard InChI is InChI=1S/C10H10F2/c1-6-2-5-8(7-3-4-7)10(12)9(6)11/h2,5,7H,3-4H2,1H3. The largest absolute Gasteiger partial charge is 0.203 e. The van der Waals surface area contributed by atoms with E-state index in [2.05, 4.69) is 0 Å². The van der Waals surface area contributed by atoms with Gasteiger partial charge in [0.25, 0.3) is 0 Å². The van der Waals surface area contributed by atoms with Gasteiger partial charge in [-0.15, -0.1) is 0 Å². The molecule has 0 aliphatic heterocycles. The summed E-state index contributed by atoms with van der Waals surface area (Å²) in [5, 5.41) is 0. The van der Waals surface area contributed by atoms with E-state index in [1.165, 1.54) is 0 Å². The Morgan fingerprint density at radius 2 is 1.83 bits per heavy atom. The lowest BCUT2D eigenvalue weighted by atomic mass is 10.1. The maximum atomic E-state index is 13.2. The van der Waals surface area contributed by atoms with Crippen molar-refractivity contribution >= 4 is 0 Å². The number of halogens is 2. The first-order valence-electron chi connectivity index (χ1n) is 4.14. The van der Waals surface area contributed by atoms with E-state index in [1.54, 1.807) is 19.1 Å². The van der Waals surface area contributed by atoms with Crippen LogP contribution in [-0.4, -0.2) is 0 Å². The van der Waals surface area contributed by atoms with Gasteiger partial charge >= 0.3 is 0 Å². The van der Waals surface area contributed by atoms with E-state index in [0.29, 0.717) is 11.1 Å². The number of aryl methyl sites for hydroxylation is 1. The van der Waals surface area contributed by atoms with Crippen LogP contribution in [0.4, 0.5) is 8.78 Å². The molecule has 64 valence electrons. The molecule has 0 nitrogen and oxygen atoms in total. The third-order valence-electron chi connectivity index (χ3n) is 2.32. The molecule has 0 heterocycles. The first-order valence-corrected chi connectivity index (χ1v) is 4.14. The minimum Gasteiger partial charge on any atom is -0.203 e. The summed E-state index contributed by atoms with van der Waals surface area (Å²) in [7, 11) is 0. The highest BCUT2D eigenvalue weighted by Gasteiger charge is 2.27. The first-order chi connectivity index (χ1) is 5.70. The molecule has 0 unspecified atom stereocenters. The highest BCUT2D eigenvalue weighted by atomic mass is 19.2. The van der Waals surface area contributed by atoms with Crippen LogP contribution in [0.25, 0.3) is 0 Å². The van der Waals surface area contributed by atoms with Crippen LogP contribution in [0.2, 0.25) is 0 Å². The topological polar surface area (TPSA) is 0 Å². The Labute approximate surface area is 70.2 Å². The van der Waals surface area contributed by atoms with Crippen molar-refractivity contribution in [3.05, 3.63) is 34.9 Å². The summed E-state index contributed by atoms with van der Waals surface area (Å²) in [6, 6.07) is 3.34. The van der Waals surface area contributed by atoms with Gasteiger partial charge in [0.15, 0.2) is 11.6 Å². The van der Waals surface area contributed by atoms with E-state index in [9.17, 15) is 8.78 Å². The molecule has 1 aromatic carbocycles. The van der Waals surface area contributed by atoms with Crippen molar-refractivity contribution in [2.75, 3.05) is 0 Å². The second-order valence-corrected chi connectivity index (χ2v) is 3.37. The highest BCUT2D eigenvalue weighted by Crippen LogP contribution is 2.41. The quantitative estimate of drug-likeness (QED) is 0.604. The van der Waals surface area contributed by atoms with Gasteiger partial charge in [-0.1, -0.05) is 12.1 Å². The summed E-state index contributed by atoms with van der Waals surface area (Å²) >= 11 is 0. The summed E-state index contributed by atoms with van der Waals surface area (Å²) in [6.07, 6.45) is 2.00. The van der Waals surface area contributed by atoms with Crippen LogP contribution in [0.1, 0.15) is 29.9 Å². The van der Waals surface area contributed by atoms with Gasteiger partial charge < -0.3 is 0 Å². The molecule has 12 heavy (non-hydrogen) atoms. The zero-order valence-electron chi connectivity index (χ0n) is 6.90. The fourth-order valence-electron chi connectivity index (χ4n) is 1.37. The second kappa shape index (κ2) is 2.54. The van der Waals surface area contributed by atoms with E-state index < -0.39 is 11.6 Å². The molecule has 0 atom stereocenters. The molecule has 0 amide bonds. The van der Waals surface area contributed by atoms with Crippen molar-refractivity contribution in [1.82, 2.24) is 0 Å². The molecule has 1 fully saturated rings. The number of rotatable bonds is 1. The predicted molar refractivity (Wildman–Crippen MR) is 43.1 cm³/mol. The lowest BCUT2D eigenvalue weighted by Gasteiger charge is -2.03. The van der Waals surface area contributed by atoms with Gasteiger partial charge in [-0.2, -0.15) is 0 Å². The van der Waals surface area contributed by atoms with Crippen LogP contribution in [0.15, 0.2) is 12.1 Å². The Hall–Kier alpha value is -0.920. The normalized spacial score (nSPS) is 16.6. The molecular weight excluding hydrogens is 158 g/mol. The molecule has 2 rings (SSSR count). The molecule has 2 heteroatoms. The molecule has 0 bridgehead atoms. The van der Waals surface area contributed by atoms with Crippen molar-refractivity contribution < 1.29 is 8.78 Å². The number of hydrogen-bond donors (Lipinski definition) is 0. The lowest BCUT2D eigenvalue weighted by molar-refractivity contribution is 0.494. The smallest absolute Gasteiger partial charge is 0.162 e. The minimum absolute atomic E-state index is 0.278. The maximum absolute atomic E-state index is 13.2. The molecule has 0 N–H and O–H groups in total. The molecule has 1 saturated carbocycles. The first kappa shape index (κ1) is 7.71. The van der Waals surface area contributed by atoms with E-state index in [0.717, 1.165) is 12.8 Å². The third kappa shape index (κ3) is 1.11. The van der Waals surface area contributed by atoms with Crippen LogP contribution >= 0.6 is 0 Å². The van der Waals surface area contributed by atoms with Gasteiger partial charge in [0.05, 0.1) is 0 Å². The Morgan fingerprint density at radius 3 is 2.42 bits per heavy atom. The zero-order valence-corrected chi connectivity index (χ0v) is 6.90. The van der Waals surface area contributed by atoms with Gasteiger partial charge in [0, 0.05) is 0 Å². The number of hydrogen-bond acceptors (Lipinski definition) is 0. The van der Waals surface area contributed by atoms with Crippen molar-refractivity contribution in [3.8, 4) is 0 Å². The van der Waals surface area contributed by atoms with E-state index in [-0.39, 0.29) is 5.92 Å². The van der Waals surface area contributed by atoms with Crippen LogP contribution < -0.4 is 0 Å². The average molecular weight is 168 g/mol. The van der Waals surface area contributed by atoms with E-state index >= 15 is 0 Å². The predicted octanol–water partition coefficient (Wildman–Crippen LogP) is 3.15. The Bertz CT molecular complexity index is 314. The lowest BCUT2D eigenvalue weighted by Crippen LogP contribution is -1.94. The average Bonchev–Trinajstić information content (AvgIpc) is 2.84. The minimum atomic E-state index is -0.681. The highest BCUT2D eigenvalue weighted by molar-refractivity contribution is 5.30. The summed E-state index contributed by atoms with van der Waals surface area (Å²) in [6.45, 7) is 1.58. The van der Waals surface area contributed by atoms with Crippen molar-refractivity contribution in [3.63, 3.8) is 0 Å². The summed E-state index contributed by atoms with van der Waals surface area (Å²) in [5.41, 5.74) is 0.940. The zero-order chi connectivity index (χ0) is 8.72. The molecule has 1 aromatic rings. The molecule has 0 radical (unpaired) electrons. The maximum Gasteiger partial charge on any atom is 0.162 e. The SMILES string of the molecule is Cc1ccc(C2CC2)c(F)c1F. The number of benzene rings is 1. The van der Waals surface area contributed by atoms with Gasteiger partial charge in [0.1, 0.15) is 0 Å². The van der Waals surface area contributed by atoms with Crippen LogP contribution in [-0.2, 0) is 0 Å². The molecule has 1 aliphatic rings. The Morgan fingerprint density at radius 1 is 1.17 bits per heavy atom. The molecule has 1 aliphatic carbocycles. The van der Waals surface area contributed by atoms with Crippen molar-refractivity contribution in [2.24, 2.45) is 0 Å². The summed E-state index contributed by atoms with van der Waals surface area (Å²) in [5.74, 6) is -1.04. The van der Waals surface area contributed by atoms with Crippen LogP contribution in [0.5, 0.6) is 0 Å². The fourth-order valence-corrected chi connectivity index (χ4v) is 1.37. The van der Waals surface area contributed by atoms with Crippen LogP contribution in [0, 0.1) is 18.6 Å². The molecule has 0 spiro atoms. The second-order valence-electron chi connectivity index (χ2n) is 3.37. The Kier molecular flexibility index (Phi) is 1.63. The monoisotopic (exact) mass is 168 g/mol. The van der Waals surface area contributed by atoms with Gasteiger partial charge in [-0.05, 0) is 36.8 Å². The van der Waals surface area contributed by atoms with Crippen molar-refractivity contribution in [1.29, 1.82) is 0 Å². The fraction of sp³-hybridized carbons (Fsp3) is 0.400. The van der Waals surface area contributed by atoms with Gasteiger partial charge in [0.2, 0.25) is 0 Å². The molecule has 0 saturated heterocycles. The van der Waals surface area contributed by atoms with Gasteiger partial charge in [-0.25, -0.2) is 8.78 Å². The Balaban J connectivity index is 2.49. The van der Waals surface area contributed by atoms with E-state index in [1.807, 2.05) is 0 Å². The molecular formula is C10H10F2. The van der Waals surface area contributed by atoms with Crippen molar-refractivity contribution in [2.45, 2.75) is 25.7 Å².